The fourth-order valence-electron chi connectivity index (χ4n) is 4.46. The highest BCUT2D eigenvalue weighted by atomic mass is 15.3. The second-order valence-electron chi connectivity index (χ2n) is 9.19. The van der Waals surface area contributed by atoms with Gasteiger partial charge in [0, 0.05) is 38.4 Å². The molecule has 0 amide bonds. The van der Waals surface area contributed by atoms with Gasteiger partial charge in [-0.15, -0.1) is 0 Å². The molecule has 1 aliphatic carbocycles. The van der Waals surface area contributed by atoms with Gasteiger partial charge in [-0.05, 0) is 68.2 Å². The molecule has 0 bridgehead atoms. The zero-order valence-corrected chi connectivity index (χ0v) is 19.7. The summed E-state index contributed by atoms with van der Waals surface area (Å²) in [6.45, 7) is 16.9. The lowest BCUT2D eigenvalue weighted by Gasteiger charge is -2.39. The van der Waals surface area contributed by atoms with E-state index < -0.39 is 0 Å². The molecule has 0 unspecified atom stereocenters. The summed E-state index contributed by atoms with van der Waals surface area (Å²) in [6, 6.07) is 6.97. The summed E-state index contributed by atoms with van der Waals surface area (Å²) in [7, 11) is 0. The fraction of sp³-hybridized carbons (Fsp3) is 0.500. The summed E-state index contributed by atoms with van der Waals surface area (Å²) >= 11 is 0. The van der Waals surface area contributed by atoms with E-state index in [1.807, 2.05) is 0 Å². The molecule has 0 saturated carbocycles. The molecule has 0 spiro atoms. The van der Waals surface area contributed by atoms with Crippen LogP contribution in [0.1, 0.15) is 57.2 Å². The molecule has 3 rings (SSSR count). The maximum absolute atomic E-state index is 2.63. The van der Waals surface area contributed by atoms with Crippen LogP contribution in [0.15, 0.2) is 59.3 Å². The van der Waals surface area contributed by atoms with Gasteiger partial charge in [0.05, 0.1) is 0 Å². The smallest absolute Gasteiger partial charge is 0.0399 e. The van der Waals surface area contributed by atoms with E-state index in [9.17, 15) is 0 Å². The molecule has 1 saturated heterocycles. The highest BCUT2D eigenvalue weighted by Gasteiger charge is 2.22. The maximum atomic E-state index is 2.63. The van der Waals surface area contributed by atoms with Crippen LogP contribution in [-0.2, 0) is 6.42 Å². The molecule has 1 heterocycles. The average Bonchev–Trinajstić information content (AvgIpc) is 2.73. The lowest BCUT2D eigenvalue weighted by molar-refractivity contribution is 0.162. The van der Waals surface area contributed by atoms with Crippen molar-refractivity contribution in [3.8, 4) is 0 Å². The monoisotopic (exact) mass is 404 g/mol. The Labute approximate surface area is 184 Å². The second-order valence-corrected chi connectivity index (χ2v) is 9.19. The topological polar surface area (TPSA) is 6.48 Å². The number of hydrogen-bond acceptors (Lipinski definition) is 2. The summed E-state index contributed by atoms with van der Waals surface area (Å²) in [4.78, 5) is 5.24. The van der Waals surface area contributed by atoms with Crippen molar-refractivity contribution in [1.82, 2.24) is 9.80 Å². The molecule has 0 N–H and O–H groups in total. The zero-order valence-electron chi connectivity index (χ0n) is 19.7. The van der Waals surface area contributed by atoms with Gasteiger partial charge in [0.25, 0.3) is 0 Å². The van der Waals surface area contributed by atoms with Crippen LogP contribution in [0.5, 0.6) is 0 Å². The van der Waals surface area contributed by atoms with Gasteiger partial charge in [-0.3, -0.25) is 4.90 Å². The minimum absolute atomic E-state index is 0.598. The van der Waals surface area contributed by atoms with E-state index in [1.165, 1.54) is 46.4 Å². The lowest BCUT2D eigenvalue weighted by atomic mass is 9.94. The minimum Gasteiger partial charge on any atom is -0.369 e. The SMILES string of the molecule is C/C=C\C1=C(C)CCC=C1N1CCN(CCc2ccc(/C=C\C(C)C)c(C)c2)CC1. The van der Waals surface area contributed by atoms with E-state index in [-0.39, 0.29) is 0 Å². The van der Waals surface area contributed by atoms with Gasteiger partial charge in [-0.2, -0.15) is 0 Å². The van der Waals surface area contributed by atoms with Gasteiger partial charge in [0.15, 0.2) is 0 Å². The molecule has 2 nitrogen and oxygen atoms in total. The predicted molar refractivity (Wildman–Crippen MR) is 132 cm³/mol. The van der Waals surface area contributed by atoms with E-state index in [4.69, 9.17) is 0 Å². The number of hydrogen-bond donors (Lipinski definition) is 0. The van der Waals surface area contributed by atoms with Gasteiger partial charge in [-0.1, -0.05) is 68.0 Å². The second kappa shape index (κ2) is 10.8. The highest BCUT2D eigenvalue weighted by molar-refractivity contribution is 5.54. The quantitative estimate of drug-likeness (QED) is 0.519. The van der Waals surface area contributed by atoms with Gasteiger partial charge in [-0.25, -0.2) is 0 Å². The van der Waals surface area contributed by atoms with Crippen LogP contribution in [0, 0.1) is 12.8 Å². The normalized spacial score (nSPS) is 18.9. The molecule has 1 fully saturated rings. The first-order valence-electron chi connectivity index (χ1n) is 11.8. The molecule has 0 atom stereocenters. The molecule has 1 aromatic carbocycles. The number of benzene rings is 1. The van der Waals surface area contributed by atoms with Crippen molar-refractivity contribution in [3.05, 3.63) is 76.0 Å². The van der Waals surface area contributed by atoms with Crippen molar-refractivity contribution in [2.45, 2.75) is 53.9 Å². The van der Waals surface area contributed by atoms with Crippen molar-refractivity contribution in [2.75, 3.05) is 32.7 Å². The van der Waals surface area contributed by atoms with E-state index in [1.54, 1.807) is 0 Å². The zero-order chi connectivity index (χ0) is 21.5. The third-order valence-electron chi connectivity index (χ3n) is 6.35. The first-order chi connectivity index (χ1) is 14.5. The average molecular weight is 405 g/mol. The van der Waals surface area contributed by atoms with Gasteiger partial charge >= 0.3 is 0 Å². The Morgan fingerprint density at radius 2 is 1.80 bits per heavy atom. The lowest BCUT2D eigenvalue weighted by Crippen LogP contribution is -2.46. The van der Waals surface area contributed by atoms with Crippen molar-refractivity contribution < 1.29 is 0 Å². The van der Waals surface area contributed by atoms with Crippen LogP contribution in [0.25, 0.3) is 6.08 Å². The Kier molecular flexibility index (Phi) is 8.16. The summed E-state index contributed by atoms with van der Waals surface area (Å²) in [6.07, 6.45) is 15.0. The first-order valence-corrected chi connectivity index (χ1v) is 11.8. The predicted octanol–water partition coefficient (Wildman–Crippen LogP) is 6.39. The van der Waals surface area contributed by atoms with Crippen LogP contribution < -0.4 is 0 Å². The molecule has 1 aromatic rings. The number of nitrogens with zero attached hydrogens (tertiary/aromatic N) is 2. The molecular weight excluding hydrogens is 364 g/mol. The van der Waals surface area contributed by atoms with Crippen LogP contribution in [0.2, 0.25) is 0 Å². The van der Waals surface area contributed by atoms with Gasteiger partial charge in [0.1, 0.15) is 0 Å². The molecule has 1 aliphatic heterocycles. The fourth-order valence-corrected chi connectivity index (χ4v) is 4.46. The number of rotatable bonds is 7. The molecule has 2 heteroatoms. The van der Waals surface area contributed by atoms with Crippen LogP contribution in [0.4, 0.5) is 0 Å². The molecule has 0 aromatic heterocycles. The largest absolute Gasteiger partial charge is 0.369 e. The van der Waals surface area contributed by atoms with Crippen molar-refractivity contribution in [2.24, 2.45) is 5.92 Å². The third-order valence-corrected chi connectivity index (χ3v) is 6.35. The van der Waals surface area contributed by atoms with Crippen molar-refractivity contribution in [1.29, 1.82) is 0 Å². The van der Waals surface area contributed by atoms with Gasteiger partial charge in [0.2, 0.25) is 0 Å². The molecule has 0 radical (unpaired) electrons. The minimum atomic E-state index is 0.598. The highest BCUT2D eigenvalue weighted by Crippen LogP contribution is 2.29. The van der Waals surface area contributed by atoms with Crippen LogP contribution >= 0.6 is 0 Å². The summed E-state index contributed by atoms with van der Waals surface area (Å²) in [5, 5.41) is 0. The number of allylic oxidation sites excluding steroid dienone is 5. The van der Waals surface area contributed by atoms with E-state index >= 15 is 0 Å². The number of piperazine rings is 1. The van der Waals surface area contributed by atoms with Crippen LogP contribution in [-0.4, -0.2) is 42.5 Å². The van der Waals surface area contributed by atoms with Gasteiger partial charge < -0.3 is 4.90 Å². The molecule has 30 heavy (non-hydrogen) atoms. The summed E-state index contributed by atoms with van der Waals surface area (Å²) < 4.78 is 0. The molecule has 2 aliphatic rings. The first kappa shape index (κ1) is 22.6. The third kappa shape index (κ3) is 5.98. The van der Waals surface area contributed by atoms with E-state index in [0.29, 0.717) is 5.92 Å². The Hall–Kier alpha value is -2.06. The van der Waals surface area contributed by atoms with Crippen LogP contribution in [0.3, 0.4) is 0 Å². The van der Waals surface area contributed by atoms with Crippen molar-refractivity contribution >= 4 is 6.08 Å². The van der Waals surface area contributed by atoms with E-state index in [0.717, 1.165) is 39.1 Å². The van der Waals surface area contributed by atoms with Crippen molar-refractivity contribution in [3.63, 3.8) is 0 Å². The Balaban J connectivity index is 1.52. The molecule has 162 valence electrons. The Morgan fingerprint density at radius 1 is 1.03 bits per heavy atom. The summed E-state index contributed by atoms with van der Waals surface area (Å²) in [5.74, 6) is 0.598. The maximum Gasteiger partial charge on any atom is 0.0399 e. The number of aryl methyl sites for hydroxylation is 1. The standard InChI is InChI=1S/C28H40N2/c1-6-8-27-23(4)9-7-10-28(27)30-19-17-29(18-20-30)16-15-25-12-14-26(24(5)21-25)13-11-22(2)3/h6,8,10-14,21-22H,7,9,15-20H2,1-5H3/b8-6-,13-11-. The Bertz CT molecular complexity index is 830. The Morgan fingerprint density at radius 3 is 2.47 bits per heavy atom. The van der Waals surface area contributed by atoms with E-state index in [2.05, 4.69) is 93.0 Å². The summed E-state index contributed by atoms with van der Waals surface area (Å²) in [5.41, 5.74) is 8.66. The molecular formula is C28H40N2.